The van der Waals surface area contributed by atoms with Crippen LogP contribution >= 0.6 is 0 Å². The van der Waals surface area contributed by atoms with E-state index in [9.17, 15) is 4.21 Å². The summed E-state index contributed by atoms with van der Waals surface area (Å²) in [6.07, 6.45) is 0. The standard InChI is InChI=1S/C16H27NO2S/c1-6-17-16(11-20(18)13(4)12(2)3)14-8-7-9-15(10-14)19-5/h7-10,12-13,16-17H,6,11H2,1-5H3. The first-order valence-corrected chi connectivity index (χ1v) is 8.62. The number of benzene rings is 1. The van der Waals surface area contributed by atoms with Crippen LogP contribution < -0.4 is 10.1 Å². The number of hydrogen-bond donors (Lipinski definition) is 1. The van der Waals surface area contributed by atoms with E-state index in [1.807, 2.05) is 18.2 Å². The second kappa shape index (κ2) is 8.42. The molecule has 20 heavy (non-hydrogen) atoms. The Morgan fingerprint density at radius 2 is 2.00 bits per heavy atom. The predicted octanol–water partition coefficient (Wildman–Crippen LogP) is 3.14. The zero-order chi connectivity index (χ0) is 15.1. The third kappa shape index (κ3) is 4.91. The molecule has 0 saturated heterocycles. The van der Waals surface area contributed by atoms with Crippen molar-refractivity contribution >= 4 is 10.8 Å². The lowest BCUT2D eigenvalue weighted by molar-refractivity contribution is 0.413. The molecule has 0 heterocycles. The van der Waals surface area contributed by atoms with Crippen LogP contribution in [0.25, 0.3) is 0 Å². The molecule has 0 aliphatic carbocycles. The van der Waals surface area contributed by atoms with Gasteiger partial charge in [0, 0.05) is 27.8 Å². The largest absolute Gasteiger partial charge is 0.497 e. The summed E-state index contributed by atoms with van der Waals surface area (Å²) in [6.45, 7) is 9.24. The van der Waals surface area contributed by atoms with Crippen molar-refractivity contribution in [1.29, 1.82) is 0 Å². The van der Waals surface area contributed by atoms with Gasteiger partial charge in [0.05, 0.1) is 7.11 Å². The Balaban J connectivity index is 2.85. The summed E-state index contributed by atoms with van der Waals surface area (Å²) in [5, 5.41) is 3.64. The Morgan fingerprint density at radius 1 is 1.30 bits per heavy atom. The Hall–Kier alpha value is -0.870. The summed E-state index contributed by atoms with van der Waals surface area (Å²) in [5.74, 6) is 1.91. The van der Waals surface area contributed by atoms with E-state index in [0.717, 1.165) is 17.9 Å². The molecule has 0 radical (unpaired) electrons. The molecule has 1 aromatic carbocycles. The quantitative estimate of drug-likeness (QED) is 0.801. The fourth-order valence-corrected chi connectivity index (χ4v) is 3.55. The summed E-state index contributed by atoms with van der Waals surface area (Å²) in [7, 11) is 0.828. The monoisotopic (exact) mass is 297 g/mol. The Labute approximate surface area is 125 Å². The minimum Gasteiger partial charge on any atom is -0.497 e. The topological polar surface area (TPSA) is 38.3 Å². The average molecular weight is 297 g/mol. The van der Waals surface area contributed by atoms with Crippen LogP contribution in [-0.4, -0.2) is 28.9 Å². The molecule has 3 nitrogen and oxygen atoms in total. The molecule has 0 amide bonds. The van der Waals surface area contributed by atoms with E-state index in [2.05, 4.69) is 39.1 Å². The van der Waals surface area contributed by atoms with Crippen LogP contribution in [0.1, 0.15) is 39.3 Å². The van der Waals surface area contributed by atoms with Gasteiger partial charge in [-0.05, 0) is 30.2 Å². The summed E-state index contributed by atoms with van der Waals surface area (Å²) in [4.78, 5) is 0. The minimum atomic E-state index is -0.839. The van der Waals surface area contributed by atoms with Crippen LogP contribution in [0.3, 0.4) is 0 Å². The predicted molar refractivity (Wildman–Crippen MR) is 86.7 cm³/mol. The maximum absolute atomic E-state index is 12.4. The van der Waals surface area contributed by atoms with Gasteiger partial charge in [0.1, 0.15) is 5.75 Å². The van der Waals surface area contributed by atoms with Crippen molar-refractivity contribution in [3.05, 3.63) is 29.8 Å². The zero-order valence-corrected chi connectivity index (χ0v) is 14.0. The van der Waals surface area contributed by atoms with E-state index in [4.69, 9.17) is 4.74 Å². The van der Waals surface area contributed by atoms with Crippen molar-refractivity contribution in [2.45, 2.75) is 39.0 Å². The molecule has 4 heteroatoms. The summed E-state index contributed by atoms with van der Waals surface area (Å²) in [5.41, 5.74) is 1.13. The fourth-order valence-electron chi connectivity index (χ4n) is 2.00. The first-order chi connectivity index (χ1) is 9.49. The first-order valence-electron chi connectivity index (χ1n) is 7.24. The molecule has 0 aromatic heterocycles. The van der Waals surface area contributed by atoms with Crippen molar-refractivity contribution < 1.29 is 8.95 Å². The lowest BCUT2D eigenvalue weighted by atomic mass is 10.1. The molecule has 3 unspecified atom stereocenters. The van der Waals surface area contributed by atoms with Gasteiger partial charge in [0.2, 0.25) is 0 Å². The molecular weight excluding hydrogens is 270 g/mol. The van der Waals surface area contributed by atoms with Gasteiger partial charge in [-0.1, -0.05) is 39.8 Å². The van der Waals surface area contributed by atoms with Gasteiger partial charge < -0.3 is 10.1 Å². The summed E-state index contributed by atoms with van der Waals surface area (Å²) in [6, 6.07) is 8.10. The van der Waals surface area contributed by atoms with E-state index in [1.54, 1.807) is 7.11 Å². The molecule has 1 aromatic rings. The second-order valence-corrected chi connectivity index (χ2v) is 7.22. The van der Waals surface area contributed by atoms with E-state index < -0.39 is 10.8 Å². The van der Waals surface area contributed by atoms with Crippen molar-refractivity contribution in [2.75, 3.05) is 19.4 Å². The highest BCUT2D eigenvalue weighted by molar-refractivity contribution is 7.85. The lowest BCUT2D eigenvalue weighted by Gasteiger charge is -2.22. The van der Waals surface area contributed by atoms with Gasteiger partial charge in [0.15, 0.2) is 0 Å². The molecule has 1 rings (SSSR count). The highest BCUT2D eigenvalue weighted by Gasteiger charge is 2.20. The highest BCUT2D eigenvalue weighted by Crippen LogP contribution is 2.21. The van der Waals surface area contributed by atoms with Crippen LogP contribution in [0.5, 0.6) is 5.75 Å². The van der Waals surface area contributed by atoms with Gasteiger partial charge in [-0.25, -0.2) is 0 Å². The van der Waals surface area contributed by atoms with E-state index in [-0.39, 0.29) is 11.3 Å². The van der Waals surface area contributed by atoms with Crippen molar-refractivity contribution in [3.63, 3.8) is 0 Å². The Morgan fingerprint density at radius 3 is 2.55 bits per heavy atom. The van der Waals surface area contributed by atoms with Crippen LogP contribution in [0.2, 0.25) is 0 Å². The van der Waals surface area contributed by atoms with E-state index in [0.29, 0.717) is 11.7 Å². The van der Waals surface area contributed by atoms with Gasteiger partial charge in [-0.3, -0.25) is 4.21 Å². The van der Waals surface area contributed by atoms with Crippen molar-refractivity contribution in [2.24, 2.45) is 5.92 Å². The van der Waals surface area contributed by atoms with Gasteiger partial charge in [-0.15, -0.1) is 0 Å². The summed E-state index contributed by atoms with van der Waals surface area (Å²) >= 11 is 0. The number of rotatable bonds is 8. The van der Waals surface area contributed by atoms with E-state index in [1.165, 1.54) is 0 Å². The molecule has 0 fully saturated rings. The number of nitrogens with one attached hydrogen (secondary N) is 1. The molecule has 1 N–H and O–H groups in total. The minimum absolute atomic E-state index is 0.108. The Kier molecular flexibility index (Phi) is 7.24. The lowest BCUT2D eigenvalue weighted by Crippen LogP contribution is -2.30. The smallest absolute Gasteiger partial charge is 0.119 e. The van der Waals surface area contributed by atoms with Gasteiger partial charge in [0.25, 0.3) is 0 Å². The number of ether oxygens (including phenoxy) is 1. The molecular formula is C16H27NO2S. The zero-order valence-electron chi connectivity index (χ0n) is 13.2. The van der Waals surface area contributed by atoms with Crippen molar-refractivity contribution in [3.8, 4) is 5.75 Å². The average Bonchev–Trinajstić information content (AvgIpc) is 2.45. The highest BCUT2D eigenvalue weighted by atomic mass is 32.2. The maximum Gasteiger partial charge on any atom is 0.119 e. The van der Waals surface area contributed by atoms with Crippen LogP contribution in [0.15, 0.2) is 24.3 Å². The third-order valence-corrected chi connectivity index (χ3v) is 5.67. The van der Waals surface area contributed by atoms with Gasteiger partial charge in [-0.2, -0.15) is 0 Å². The van der Waals surface area contributed by atoms with Crippen LogP contribution in [0.4, 0.5) is 0 Å². The summed E-state index contributed by atoms with van der Waals surface area (Å²) < 4.78 is 17.7. The molecule has 0 spiro atoms. The normalized spacial score (nSPS) is 15.9. The maximum atomic E-state index is 12.4. The molecule has 0 saturated carbocycles. The van der Waals surface area contributed by atoms with Crippen LogP contribution in [-0.2, 0) is 10.8 Å². The van der Waals surface area contributed by atoms with Crippen molar-refractivity contribution in [1.82, 2.24) is 5.32 Å². The van der Waals surface area contributed by atoms with Crippen LogP contribution in [0, 0.1) is 5.92 Å². The number of hydrogen-bond acceptors (Lipinski definition) is 3. The van der Waals surface area contributed by atoms with E-state index >= 15 is 0 Å². The molecule has 0 bridgehead atoms. The SMILES string of the molecule is CCNC(CS(=O)C(C)C(C)C)c1cccc(OC)c1. The number of methoxy groups -OCH3 is 1. The fraction of sp³-hybridized carbons (Fsp3) is 0.625. The molecule has 3 atom stereocenters. The third-order valence-electron chi connectivity index (χ3n) is 3.63. The second-order valence-electron chi connectivity index (χ2n) is 5.38. The molecule has 114 valence electrons. The first kappa shape index (κ1) is 17.2. The Bertz CT molecular complexity index is 434. The van der Waals surface area contributed by atoms with Gasteiger partial charge >= 0.3 is 0 Å². The molecule has 0 aliphatic heterocycles. The molecule has 0 aliphatic rings.